The normalized spacial score (nSPS) is 12.8. The molecule has 0 spiro atoms. The minimum atomic E-state index is -0.647. The highest BCUT2D eigenvalue weighted by Gasteiger charge is 2.34. The molecule has 0 radical (unpaired) electrons. The number of para-hydroxylation sites is 2. The third-order valence-corrected chi connectivity index (χ3v) is 2.63. The Bertz CT molecular complexity index is 496. The molecule has 0 unspecified atom stereocenters. The summed E-state index contributed by atoms with van der Waals surface area (Å²) >= 11 is 0. The topological polar surface area (TPSA) is 40.6 Å². The van der Waals surface area contributed by atoms with Crippen molar-refractivity contribution in [1.82, 2.24) is 4.98 Å². The van der Waals surface area contributed by atoms with E-state index in [1.807, 2.05) is 42.5 Å². The number of fused-ring (bicyclic) bond motifs is 1. The van der Waals surface area contributed by atoms with Crippen LogP contribution in [0.2, 0.25) is 0 Å². The summed E-state index contributed by atoms with van der Waals surface area (Å²) in [6.45, 7) is 0.510. The van der Waals surface area contributed by atoms with Gasteiger partial charge in [0.15, 0.2) is 0 Å². The molecule has 18 heavy (non-hydrogen) atoms. The lowest BCUT2D eigenvalue weighted by atomic mass is 10.2. The predicted octanol–water partition coefficient (Wildman–Crippen LogP) is 2.10. The molecule has 2 heterocycles. The highest BCUT2D eigenvalue weighted by molar-refractivity contribution is 6.40. The van der Waals surface area contributed by atoms with Gasteiger partial charge < -0.3 is 14.0 Å². The Hall–Kier alpha value is -2.01. The largest absolute Gasteiger partial charge is 0.788 e. The van der Waals surface area contributed by atoms with E-state index in [1.165, 1.54) is 0 Å². The lowest BCUT2D eigenvalue weighted by Crippen LogP contribution is -2.29. The van der Waals surface area contributed by atoms with Crippen molar-refractivity contribution in [3.05, 3.63) is 54.4 Å². The zero-order valence-corrected chi connectivity index (χ0v) is 9.78. The van der Waals surface area contributed by atoms with Gasteiger partial charge >= 0.3 is 7.32 Å². The van der Waals surface area contributed by atoms with Crippen LogP contribution in [0.25, 0.3) is 0 Å². The standard InChI is InChI=1S/C13H12BNO3/c1-2-7-13-12(6-1)17-14(18-13)16-10-8-11-5-3-4-9-15-11/h1-7,9H,8,10H2. The fourth-order valence-electron chi connectivity index (χ4n) is 1.75. The van der Waals surface area contributed by atoms with Crippen LogP contribution in [-0.2, 0) is 11.1 Å². The van der Waals surface area contributed by atoms with E-state index in [2.05, 4.69) is 4.98 Å². The number of aromatic nitrogens is 1. The second kappa shape index (κ2) is 5.10. The van der Waals surface area contributed by atoms with Gasteiger partial charge in [-0.1, -0.05) is 18.2 Å². The van der Waals surface area contributed by atoms with Crippen LogP contribution in [0.3, 0.4) is 0 Å². The van der Waals surface area contributed by atoms with Gasteiger partial charge in [0.2, 0.25) is 0 Å². The van der Waals surface area contributed by atoms with Crippen LogP contribution in [-0.4, -0.2) is 18.9 Å². The van der Waals surface area contributed by atoms with Crippen LogP contribution in [0.4, 0.5) is 0 Å². The van der Waals surface area contributed by atoms with Crippen molar-refractivity contribution in [2.24, 2.45) is 0 Å². The monoisotopic (exact) mass is 241 g/mol. The highest BCUT2D eigenvalue weighted by Crippen LogP contribution is 2.32. The highest BCUT2D eigenvalue weighted by atomic mass is 16.8. The zero-order valence-electron chi connectivity index (χ0n) is 9.78. The van der Waals surface area contributed by atoms with E-state index in [9.17, 15) is 0 Å². The number of nitrogens with zero attached hydrogens (tertiary/aromatic N) is 1. The Labute approximate surface area is 106 Å². The Morgan fingerprint density at radius 2 is 1.72 bits per heavy atom. The Kier molecular flexibility index (Phi) is 3.15. The molecule has 0 atom stereocenters. The Morgan fingerprint density at radius 3 is 2.39 bits per heavy atom. The first-order valence-corrected chi connectivity index (χ1v) is 5.86. The van der Waals surface area contributed by atoms with E-state index in [4.69, 9.17) is 14.0 Å². The van der Waals surface area contributed by atoms with Gasteiger partial charge in [0.1, 0.15) is 11.5 Å². The molecule has 0 amide bonds. The summed E-state index contributed by atoms with van der Waals surface area (Å²) < 4.78 is 16.5. The van der Waals surface area contributed by atoms with Gasteiger partial charge in [-0.2, -0.15) is 0 Å². The molecule has 0 aliphatic carbocycles. The maximum Gasteiger partial charge on any atom is 0.788 e. The van der Waals surface area contributed by atoms with Crippen LogP contribution >= 0.6 is 0 Å². The van der Waals surface area contributed by atoms with E-state index in [1.54, 1.807) is 6.20 Å². The van der Waals surface area contributed by atoms with Crippen LogP contribution in [0, 0.1) is 0 Å². The minimum absolute atomic E-state index is 0.510. The molecule has 0 saturated carbocycles. The molecule has 90 valence electrons. The SMILES string of the molecule is c1ccc(CCOB2Oc3ccccc3O2)nc1. The molecule has 0 bridgehead atoms. The molecule has 1 aromatic heterocycles. The molecule has 0 N–H and O–H groups in total. The molecule has 3 rings (SSSR count). The molecule has 0 saturated heterocycles. The summed E-state index contributed by atoms with van der Waals surface area (Å²) in [7, 11) is -0.647. The number of rotatable bonds is 4. The van der Waals surface area contributed by atoms with E-state index >= 15 is 0 Å². The van der Waals surface area contributed by atoms with E-state index in [0.717, 1.165) is 23.6 Å². The number of pyridine rings is 1. The maximum atomic E-state index is 5.50. The molecule has 4 nitrogen and oxygen atoms in total. The summed E-state index contributed by atoms with van der Waals surface area (Å²) in [5.74, 6) is 1.45. The van der Waals surface area contributed by atoms with Crippen LogP contribution in [0.1, 0.15) is 5.69 Å². The van der Waals surface area contributed by atoms with Crippen molar-refractivity contribution in [3.8, 4) is 11.5 Å². The number of benzene rings is 1. The lowest BCUT2D eigenvalue weighted by molar-refractivity contribution is 0.224. The number of hydrogen-bond acceptors (Lipinski definition) is 4. The second-order valence-corrected chi connectivity index (χ2v) is 3.91. The summed E-state index contributed by atoms with van der Waals surface area (Å²) in [5, 5.41) is 0. The van der Waals surface area contributed by atoms with Crippen molar-refractivity contribution >= 4 is 7.32 Å². The molecule has 2 aromatic rings. The van der Waals surface area contributed by atoms with Gasteiger partial charge in [0, 0.05) is 24.9 Å². The van der Waals surface area contributed by atoms with Gasteiger partial charge in [-0.15, -0.1) is 0 Å². The zero-order chi connectivity index (χ0) is 12.2. The van der Waals surface area contributed by atoms with Crippen LogP contribution in [0.15, 0.2) is 48.7 Å². The minimum Gasteiger partial charge on any atom is -0.498 e. The van der Waals surface area contributed by atoms with Gasteiger partial charge in [0.25, 0.3) is 0 Å². The van der Waals surface area contributed by atoms with Gasteiger partial charge in [-0.25, -0.2) is 0 Å². The predicted molar refractivity (Wildman–Crippen MR) is 67.3 cm³/mol. The van der Waals surface area contributed by atoms with E-state index in [-0.39, 0.29) is 0 Å². The van der Waals surface area contributed by atoms with Crippen molar-refractivity contribution in [2.75, 3.05) is 6.61 Å². The first kappa shape index (κ1) is 11.1. The Balaban J connectivity index is 1.49. The first-order chi connectivity index (χ1) is 8.92. The van der Waals surface area contributed by atoms with Crippen LogP contribution in [0.5, 0.6) is 11.5 Å². The molecular weight excluding hydrogens is 229 g/mol. The van der Waals surface area contributed by atoms with Gasteiger partial charge in [0.05, 0.1) is 0 Å². The fourth-order valence-corrected chi connectivity index (χ4v) is 1.75. The maximum absolute atomic E-state index is 5.50. The van der Waals surface area contributed by atoms with E-state index < -0.39 is 7.32 Å². The van der Waals surface area contributed by atoms with Gasteiger partial charge in [-0.3, -0.25) is 4.98 Å². The first-order valence-electron chi connectivity index (χ1n) is 5.86. The van der Waals surface area contributed by atoms with Crippen molar-refractivity contribution in [3.63, 3.8) is 0 Å². The molecule has 1 aliphatic heterocycles. The molecular formula is C13H12BNO3. The van der Waals surface area contributed by atoms with Gasteiger partial charge in [-0.05, 0) is 24.3 Å². The quantitative estimate of drug-likeness (QED) is 0.768. The average molecular weight is 241 g/mol. The van der Waals surface area contributed by atoms with Crippen LogP contribution < -0.4 is 9.31 Å². The lowest BCUT2D eigenvalue weighted by Gasteiger charge is -2.05. The summed E-state index contributed by atoms with van der Waals surface area (Å²) in [6.07, 6.45) is 2.51. The number of hydrogen-bond donors (Lipinski definition) is 0. The Morgan fingerprint density at radius 1 is 1.00 bits per heavy atom. The fraction of sp³-hybridized carbons (Fsp3) is 0.154. The average Bonchev–Trinajstić information content (AvgIpc) is 2.82. The molecule has 5 heteroatoms. The second-order valence-electron chi connectivity index (χ2n) is 3.91. The summed E-state index contributed by atoms with van der Waals surface area (Å²) in [6, 6.07) is 13.3. The third kappa shape index (κ3) is 2.46. The third-order valence-electron chi connectivity index (χ3n) is 2.63. The summed E-state index contributed by atoms with van der Waals surface area (Å²) in [5.41, 5.74) is 0.994. The molecule has 0 fully saturated rings. The summed E-state index contributed by atoms with van der Waals surface area (Å²) in [4.78, 5) is 4.22. The molecule has 1 aliphatic rings. The van der Waals surface area contributed by atoms with Crippen molar-refractivity contribution in [2.45, 2.75) is 6.42 Å². The smallest absolute Gasteiger partial charge is 0.498 e. The van der Waals surface area contributed by atoms with E-state index in [0.29, 0.717) is 6.61 Å². The van der Waals surface area contributed by atoms with Crippen molar-refractivity contribution < 1.29 is 14.0 Å². The van der Waals surface area contributed by atoms with Crippen molar-refractivity contribution in [1.29, 1.82) is 0 Å². The molecule has 1 aromatic carbocycles.